The summed E-state index contributed by atoms with van der Waals surface area (Å²) in [7, 11) is 0. The van der Waals surface area contributed by atoms with E-state index in [0.29, 0.717) is 16.9 Å². The van der Waals surface area contributed by atoms with Crippen molar-refractivity contribution in [2.24, 2.45) is 10.9 Å². The second kappa shape index (κ2) is 6.65. The molecule has 0 heterocycles. The van der Waals surface area contributed by atoms with Gasteiger partial charge in [0.2, 0.25) is 0 Å². The Kier molecular flexibility index (Phi) is 4.88. The van der Waals surface area contributed by atoms with Gasteiger partial charge >= 0.3 is 0 Å². The molecule has 0 fully saturated rings. The predicted octanol–water partition coefficient (Wildman–Crippen LogP) is 3.81. The van der Waals surface area contributed by atoms with Crippen molar-refractivity contribution in [1.29, 1.82) is 0 Å². The van der Waals surface area contributed by atoms with Crippen LogP contribution in [0.15, 0.2) is 41.6 Å². The second-order valence-corrected chi connectivity index (χ2v) is 4.92. The van der Waals surface area contributed by atoms with Crippen molar-refractivity contribution in [1.82, 2.24) is 0 Å². The molecule has 0 bridgehead atoms. The number of benzene rings is 2. The van der Waals surface area contributed by atoms with Crippen LogP contribution in [0.5, 0.6) is 5.75 Å². The van der Waals surface area contributed by atoms with Crippen LogP contribution in [0.1, 0.15) is 11.1 Å². The molecule has 0 unspecified atom stereocenters. The largest absolute Gasteiger partial charge is 0.487 e. The third-order valence-electron chi connectivity index (χ3n) is 2.75. The van der Waals surface area contributed by atoms with Crippen LogP contribution in [0.3, 0.4) is 0 Å². The fourth-order valence-corrected chi connectivity index (χ4v) is 2.07. The van der Waals surface area contributed by atoms with E-state index in [0.717, 1.165) is 0 Å². The van der Waals surface area contributed by atoms with E-state index in [4.69, 9.17) is 38.9 Å². The zero-order valence-electron chi connectivity index (χ0n) is 10.7. The van der Waals surface area contributed by atoms with Gasteiger partial charge in [-0.2, -0.15) is 0 Å². The van der Waals surface area contributed by atoms with Crippen LogP contribution in [0.4, 0.5) is 4.39 Å². The summed E-state index contributed by atoms with van der Waals surface area (Å²) < 4.78 is 18.8. The molecule has 0 aliphatic heterocycles. The maximum Gasteiger partial charge on any atom is 0.170 e. The highest BCUT2D eigenvalue weighted by Crippen LogP contribution is 2.27. The lowest BCUT2D eigenvalue weighted by atomic mass is 10.2. The van der Waals surface area contributed by atoms with Gasteiger partial charge in [-0.3, -0.25) is 0 Å². The molecule has 4 nitrogen and oxygen atoms in total. The number of nitrogens with two attached hydrogens (primary N) is 1. The van der Waals surface area contributed by atoms with E-state index in [-0.39, 0.29) is 22.5 Å². The third kappa shape index (κ3) is 3.56. The predicted molar refractivity (Wildman–Crippen MR) is 79.7 cm³/mol. The minimum absolute atomic E-state index is 0.0156. The summed E-state index contributed by atoms with van der Waals surface area (Å²) in [5, 5.41) is 11.8. The fraction of sp³-hybridized carbons (Fsp3) is 0.0714. The Morgan fingerprint density at radius 3 is 2.71 bits per heavy atom. The van der Waals surface area contributed by atoms with E-state index in [1.54, 1.807) is 24.3 Å². The maximum atomic E-state index is 13.3. The Balaban J connectivity index is 2.15. The SMILES string of the molecule is N/C(=N/O)c1ccc(OCc2cccc(F)c2Cl)c(Cl)c1. The highest BCUT2D eigenvalue weighted by atomic mass is 35.5. The number of hydrogen-bond acceptors (Lipinski definition) is 3. The normalized spacial score (nSPS) is 11.5. The minimum atomic E-state index is -0.508. The molecule has 21 heavy (non-hydrogen) atoms. The molecular weight excluding hydrogens is 318 g/mol. The highest BCUT2D eigenvalue weighted by molar-refractivity contribution is 6.32. The summed E-state index contributed by atoms with van der Waals surface area (Å²) in [5.74, 6) is -0.186. The van der Waals surface area contributed by atoms with Crippen LogP contribution in [-0.2, 0) is 6.61 Å². The molecule has 0 saturated carbocycles. The van der Waals surface area contributed by atoms with E-state index in [1.807, 2.05) is 0 Å². The van der Waals surface area contributed by atoms with Crippen LogP contribution in [-0.4, -0.2) is 11.0 Å². The van der Waals surface area contributed by atoms with Crippen LogP contribution in [0.2, 0.25) is 10.0 Å². The molecular formula is C14H11Cl2FN2O2. The van der Waals surface area contributed by atoms with Gasteiger partial charge in [-0.1, -0.05) is 40.5 Å². The molecule has 0 atom stereocenters. The standard InChI is InChI=1S/C14H11Cl2FN2O2/c15-10-6-8(14(18)19-20)4-5-12(10)21-7-9-2-1-3-11(17)13(9)16/h1-6,20H,7H2,(H2,18,19). The molecule has 110 valence electrons. The molecule has 2 rings (SSSR count). The van der Waals surface area contributed by atoms with Crippen molar-refractivity contribution in [3.05, 3.63) is 63.4 Å². The molecule has 2 aromatic carbocycles. The van der Waals surface area contributed by atoms with E-state index in [2.05, 4.69) is 5.16 Å². The number of ether oxygens (including phenoxy) is 1. The number of nitrogens with zero attached hydrogens (tertiary/aromatic N) is 1. The Morgan fingerprint density at radius 2 is 2.05 bits per heavy atom. The van der Waals surface area contributed by atoms with Crippen molar-refractivity contribution in [3.63, 3.8) is 0 Å². The van der Waals surface area contributed by atoms with Gasteiger partial charge in [0.1, 0.15) is 18.2 Å². The first kappa shape index (κ1) is 15.4. The van der Waals surface area contributed by atoms with Gasteiger partial charge in [-0.05, 0) is 24.3 Å². The van der Waals surface area contributed by atoms with E-state index < -0.39 is 5.82 Å². The van der Waals surface area contributed by atoms with Crippen molar-refractivity contribution < 1.29 is 14.3 Å². The average molecular weight is 329 g/mol. The molecule has 0 aliphatic carbocycles. The van der Waals surface area contributed by atoms with Gasteiger partial charge in [0.15, 0.2) is 5.84 Å². The molecule has 7 heteroatoms. The Morgan fingerprint density at radius 1 is 1.29 bits per heavy atom. The summed E-state index contributed by atoms with van der Waals surface area (Å²) in [6.45, 7) is 0.0687. The average Bonchev–Trinajstić information content (AvgIpc) is 2.49. The van der Waals surface area contributed by atoms with Crippen LogP contribution in [0.25, 0.3) is 0 Å². The Hall–Kier alpha value is -1.98. The third-order valence-corrected chi connectivity index (χ3v) is 3.47. The topological polar surface area (TPSA) is 67.8 Å². The molecule has 0 spiro atoms. The van der Waals surface area contributed by atoms with Gasteiger partial charge in [-0.15, -0.1) is 0 Å². The number of halogens is 3. The van der Waals surface area contributed by atoms with Gasteiger partial charge in [0.05, 0.1) is 10.0 Å². The van der Waals surface area contributed by atoms with E-state index in [9.17, 15) is 4.39 Å². The van der Waals surface area contributed by atoms with Crippen LogP contribution >= 0.6 is 23.2 Å². The lowest BCUT2D eigenvalue weighted by Crippen LogP contribution is -2.12. The Bertz CT molecular complexity index is 693. The lowest BCUT2D eigenvalue weighted by Gasteiger charge is -2.10. The highest BCUT2D eigenvalue weighted by Gasteiger charge is 2.09. The van der Waals surface area contributed by atoms with Gasteiger partial charge in [0, 0.05) is 11.1 Å². The molecule has 0 saturated heterocycles. The number of oxime groups is 1. The summed E-state index contributed by atoms with van der Waals surface area (Å²) in [5.41, 5.74) is 6.42. The smallest absolute Gasteiger partial charge is 0.170 e. The zero-order valence-corrected chi connectivity index (χ0v) is 12.2. The molecule has 0 radical (unpaired) electrons. The fourth-order valence-electron chi connectivity index (χ4n) is 1.65. The summed E-state index contributed by atoms with van der Waals surface area (Å²) in [6, 6.07) is 9.13. The van der Waals surface area contributed by atoms with Crippen LogP contribution in [0, 0.1) is 5.82 Å². The van der Waals surface area contributed by atoms with Crippen molar-refractivity contribution >= 4 is 29.0 Å². The number of rotatable bonds is 4. The number of amidine groups is 1. The first-order chi connectivity index (χ1) is 10.0. The summed E-state index contributed by atoms with van der Waals surface area (Å²) >= 11 is 11.9. The molecule has 0 amide bonds. The maximum absolute atomic E-state index is 13.3. The first-order valence-corrected chi connectivity index (χ1v) is 6.61. The monoisotopic (exact) mass is 328 g/mol. The minimum Gasteiger partial charge on any atom is -0.487 e. The number of hydrogen-bond donors (Lipinski definition) is 2. The first-order valence-electron chi connectivity index (χ1n) is 5.86. The second-order valence-electron chi connectivity index (χ2n) is 4.13. The van der Waals surface area contributed by atoms with Gasteiger partial charge < -0.3 is 15.7 Å². The Labute approximate surface area is 130 Å². The van der Waals surface area contributed by atoms with E-state index >= 15 is 0 Å². The molecule has 3 N–H and O–H groups in total. The van der Waals surface area contributed by atoms with Crippen LogP contribution < -0.4 is 10.5 Å². The van der Waals surface area contributed by atoms with Gasteiger partial charge in [-0.25, -0.2) is 4.39 Å². The summed E-state index contributed by atoms with van der Waals surface area (Å²) in [6.07, 6.45) is 0. The molecule has 0 aliphatic rings. The quantitative estimate of drug-likeness (QED) is 0.388. The van der Waals surface area contributed by atoms with Crippen molar-refractivity contribution in [2.75, 3.05) is 0 Å². The zero-order chi connectivity index (χ0) is 15.4. The van der Waals surface area contributed by atoms with Gasteiger partial charge in [0.25, 0.3) is 0 Å². The van der Waals surface area contributed by atoms with E-state index in [1.165, 1.54) is 12.1 Å². The van der Waals surface area contributed by atoms with Crippen molar-refractivity contribution in [2.45, 2.75) is 6.61 Å². The molecule has 2 aromatic rings. The molecule has 0 aromatic heterocycles. The van der Waals surface area contributed by atoms with Crippen molar-refractivity contribution in [3.8, 4) is 5.75 Å². The lowest BCUT2D eigenvalue weighted by molar-refractivity contribution is 0.306. The summed E-state index contributed by atoms with van der Waals surface area (Å²) in [4.78, 5) is 0.